The van der Waals surface area contributed by atoms with Gasteiger partial charge in [0, 0.05) is 16.8 Å². The van der Waals surface area contributed by atoms with Gasteiger partial charge in [0.05, 0.1) is 17.4 Å². The average Bonchev–Trinajstić information content (AvgIpc) is 3.92. The van der Waals surface area contributed by atoms with E-state index >= 15 is 0 Å². The first-order valence-corrected chi connectivity index (χ1v) is 20.2. The summed E-state index contributed by atoms with van der Waals surface area (Å²) in [6.07, 6.45) is 11.8. The van der Waals surface area contributed by atoms with Crippen molar-refractivity contribution in [2.45, 2.75) is 118 Å². The van der Waals surface area contributed by atoms with Gasteiger partial charge in [0.15, 0.2) is 0 Å². The number of aliphatic imine (C=N–C) groups is 2. The van der Waals surface area contributed by atoms with Crippen LogP contribution in [0.2, 0.25) is 0 Å². The molecule has 4 fully saturated rings. The maximum atomic E-state index is 7.07. The third kappa shape index (κ3) is 4.36. The van der Waals surface area contributed by atoms with E-state index in [1.807, 2.05) is 0 Å². The quantitative estimate of drug-likeness (QED) is 0.113. The van der Waals surface area contributed by atoms with Crippen LogP contribution in [0.25, 0.3) is 21.5 Å². The topological polar surface area (TPSA) is 78.0 Å². The number of hydrogen-bond acceptors (Lipinski definition) is 2. The molecular weight excluding hydrogens is 637 g/mol. The molecule has 4 aromatic carbocycles. The number of hydrazine groups is 1. The van der Waals surface area contributed by atoms with Gasteiger partial charge in [0.2, 0.25) is 11.9 Å². The van der Waals surface area contributed by atoms with Crippen LogP contribution in [0.4, 0.5) is 11.4 Å². The lowest BCUT2D eigenvalue weighted by atomic mass is 9.69. The smallest absolute Gasteiger partial charge is 0.218 e. The fraction of sp³-hybridized carbons (Fsp3) is 0.522. The van der Waals surface area contributed by atoms with Gasteiger partial charge in [-0.15, -0.1) is 0 Å². The van der Waals surface area contributed by atoms with Crippen molar-refractivity contribution in [3.05, 3.63) is 82.9 Å². The minimum Gasteiger partial charge on any atom is -0.368 e. The summed E-state index contributed by atoms with van der Waals surface area (Å²) in [4.78, 5) is 11.0. The van der Waals surface area contributed by atoms with E-state index in [2.05, 4.69) is 118 Å². The van der Waals surface area contributed by atoms with Crippen LogP contribution < -0.4 is 21.5 Å². The minimum absolute atomic E-state index is 0.139. The van der Waals surface area contributed by atoms with Gasteiger partial charge in [-0.3, -0.25) is 5.43 Å². The van der Waals surface area contributed by atoms with Crippen LogP contribution in [0.5, 0.6) is 0 Å². The molecule has 0 radical (unpaired) electrons. The van der Waals surface area contributed by atoms with Crippen molar-refractivity contribution in [1.29, 1.82) is 0 Å². The third-order valence-corrected chi connectivity index (χ3v) is 16.8. The Morgan fingerprint density at radius 3 is 1.87 bits per heavy atom. The monoisotopic (exact) mass is 692 g/mol. The fourth-order valence-electron chi connectivity index (χ4n) is 12.5. The van der Waals surface area contributed by atoms with Gasteiger partial charge in [-0.2, -0.15) is 0 Å². The van der Waals surface area contributed by atoms with Crippen LogP contribution in [-0.4, -0.2) is 24.0 Å². The lowest BCUT2D eigenvalue weighted by Crippen LogP contribution is -2.59. The van der Waals surface area contributed by atoms with Gasteiger partial charge in [-0.05, 0) is 143 Å². The highest BCUT2D eigenvalue weighted by Gasteiger charge is 2.63. The second-order valence-corrected chi connectivity index (χ2v) is 19.0. The van der Waals surface area contributed by atoms with Crippen LogP contribution in [0.3, 0.4) is 0 Å². The van der Waals surface area contributed by atoms with Crippen molar-refractivity contribution in [2.24, 2.45) is 49.2 Å². The van der Waals surface area contributed by atoms with E-state index in [0.717, 1.165) is 49.4 Å². The number of benzene rings is 4. The summed E-state index contributed by atoms with van der Waals surface area (Å²) in [5, 5.41) is 11.6. The molecule has 270 valence electrons. The molecule has 4 bridgehead atoms. The molecule has 0 saturated heterocycles. The number of guanidine groups is 2. The molecule has 6 atom stereocenters. The van der Waals surface area contributed by atoms with Gasteiger partial charge in [-0.25, -0.2) is 15.0 Å². The third-order valence-electron chi connectivity index (χ3n) is 16.8. The minimum atomic E-state index is 0.139. The normalized spacial score (nSPS) is 32.0. The molecule has 6 aliphatic rings. The molecule has 6 aliphatic carbocycles. The number of nitrogens with one attached hydrogen (secondary N) is 2. The second-order valence-electron chi connectivity index (χ2n) is 19.0. The molecule has 0 amide bonds. The zero-order valence-electron chi connectivity index (χ0n) is 32.1. The molecule has 6 nitrogen and oxygen atoms in total. The first-order valence-electron chi connectivity index (χ1n) is 20.2. The van der Waals surface area contributed by atoms with E-state index in [-0.39, 0.29) is 27.7 Å². The van der Waals surface area contributed by atoms with Crippen LogP contribution in [0.15, 0.2) is 70.6 Å². The Bertz CT molecular complexity index is 2190. The van der Waals surface area contributed by atoms with Crippen molar-refractivity contribution in [1.82, 2.24) is 10.7 Å². The van der Waals surface area contributed by atoms with Gasteiger partial charge in [-0.1, -0.05) is 90.1 Å². The van der Waals surface area contributed by atoms with Crippen molar-refractivity contribution >= 4 is 44.8 Å². The summed E-state index contributed by atoms with van der Waals surface area (Å²) in [5.74, 6) is 2.67. The highest BCUT2D eigenvalue weighted by Crippen LogP contribution is 2.67. The summed E-state index contributed by atoms with van der Waals surface area (Å²) in [6.45, 7) is 15.0. The Balaban J connectivity index is 1.13. The molecule has 4 aromatic rings. The maximum absolute atomic E-state index is 7.07. The lowest BCUT2D eigenvalue weighted by Gasteiger charge is -2.42. The molecule has 6 heteroatoms. The number of nitrogens with zero attached hydrogens (tertiary/aromatic N) is 3. The summed E-state index contributed by atoms with van der Waals surface area (Å²) in [6, 6.07) is 23.0. The average molecular weight is 693 g/mol. The molecule has 0 aliphatic heterocycles. The molecular formula is C46H56N6. The molecule has 6 unspecified atom stereocenters. The van der Waals surface area contributed by atoms with Gasteiger partial charge >= 0.3 is 0 Å². The van der Waals surface area contributed by atoms with E-state index in [9.17, 15) is 0 Å². The molecule has 0 spiro atoms. The summed E-state index contributed by atoms with van der Waals surface area (Å²) in [7, 11) is 0. The van der Waals surface area contributed by atoms with Crippen LogP contribution >= 0.6 is 0 Å². The molecule has 0 heterocycles. The van der Waals surface area contributed by atoms with E-state index in [1.165, 1.54) is 75.9 Å². The van der Waals surface area contributed by atoms with Crippen molar-refractivity contribution in [3.63, 3.8) is 0 Å². The summed E-state index contributed by atoms with van der Waals surface area (Å²) < 4.78 is 0. The Morgan fingerprint density at radius 1 is 0.692 bits per heavy atom. The largest absolute Gasteiger partial charge is 0.368 e. The van der Waals surface area contributed by atoms with E-state index < -0.39 is 0 Å². The first-order chi connectivity index (χ1) is 24.9. The maximum Gasteiger partial charge on any atom is 0.218 e. The summed E-state index contributed by atoms with van der Waals surface area (Å²) in [5.41, 5.74) is 19.3. The van der Waals surface area contributed by atoms with E-state index in [0.29, 0.717) is 23.8 Å². The molecule has 52 heavy (non-hydrogen) atoms. The standard InChI is InChI=1S/C46H56N6/c1-43(2)31-21-23-45(43,5)37(25-31)49-42(50-38-26-32-22-24-46(38,6)44(32,3)4)52(36-20-18-30-16-14-28-10-8-12-34(36)40(28)30)51-41(47)48-35-19-17-29-15-13-27-9-7-11-33(35)39(27)29/h7-12,17-20,31-32,37-38H,13-16,21-26H2,1-6H3,(H,49,50)(H3,47,48,51). The van der Waals surface area contributed by atoms with Crippen molar-refractivity contribution in [2.75, 3.05) is 5.01 Å². The van der Waals surface area contributed by atoms with Crippen LogP contribution in [0.1, 0.15) is 102 Å². The highest BCUT2D eigenvalue weighted by atomic mass is 15.6. The molecule has 10 rings (SSSR count). The Kier molecular flexibility index (Phi) is 6.89. The second kappa shape index (κ2) is 11.0. The number of nitrogens with two attached hydrogens (primary N) is 1. The van der Waals surface area contributed by atoms with Gasteiger partial charge < -0.3 is 11.1 Å². The first kappa shape index (κ1) is 32.6. The fourth-order valence-corrected chi connectivity index (χ4v) is 12.5. The van der Waals surface area contributed by atoms with E-state index in [1.54, 1.807) is 0 Å². The van der Waals surface area contributed by atoms with Crippen LogP contribution in [0, 0.1) is 33.5 Å². The molecule has 4 saturated carbocycles. The van der Waals surface area contributed by atoms with E-state index in [4.69, 9.17) is 15.7 Å². The van der Waals surface area contributed by atoms with Crippen molar-refractivity contribution in [3.8, 4) is 0 Å². The number of aryl methyl sites for hydroxylation is 4. The Labute approximate surface area is 309 Å². The van der Waals surface area contributed by atoms with Gasteiger partial charge in [0.25, 0.3) is 0 Å². The zero-order chi connectivity index (χ0) is 35.8. The SMILES string of the molecule is CC1(C)C2CCC1(C)C(N=C(NC1CC3CCC1(C)C3(C)C)N(NC(N)=Nc1ccc3c4c(cccc14)CC3)c1ccc3c4c(cccc14)CC3)C2. The Morgan fingerprint density at radius 2 is 1.27 bits per heavy atom. The predicted octanol–water partition coefficient (Wildman–Crippen LogP) is 9.52. The molecule has 0 aromatic heterocycles. The zero-order valence-corrected chi connectivity index (χ0v) is 32.1. The highest BCUT2D eigenvalue weighted by molar-refractivity contribution is 6.09. The van der Waals surface area contributed by atoms with Gasteiger partial charge in [0.1, 0.15) is 0 Å². The number of rotatable bonds is 4. The summed E-state index contributed by atoms with van der Waals surface area (Å²) >= 11 is 0. The molecule has 4 N–H and O–H groups in total. The lowest BCUT2D eigenvalue weighted by molar-refractivity contribution is 0.127. The number of hydrogen-bond donors (Lipinski definition) is 3. The number of anilines is 1. The van der Waals surface area contributed by atoms with Crippen molar-refractivity contribution < 1.29 is 0 Å². The number of fused-ring (bicyclic) bond motifs is 4. The predicted molar refractivity (Wildman–Crippen MR) is 216 cm³/mol. The Hall–Kier alpha value is -4.06. The van der Waals surface area contributed by atoms with Crippen LogP contribution in [-0.2, 0) is 25.7 Å².